The Labute approximate surface area is 233 Å². The van der Waals surface area contributed by atoms with Gasteiger partial charge in [0.1, 0.15) is 5.75 Å². The van der Waals surface area contributed by atoms with Crippen LogP contribution in [0.4, 0.5) is 0 Å². The zero-order valence-corrected chi connectivity index (χ0v) is 22.9. The highest BCUT2D eigenvalue weighted by Gasteiger charge is 2.30. The van der Waals surface area contributed by atoms with Crippen LogP contribution in [0.5, 0.6) is 17.2 Å². The molecule has 0 saturated heterocycles. The number of rotatable bonds is 13. The molecule has 40 heavy (non-hydrogen) atoms. The van der Waals surface area contributed by atoms with Crippen LogP contribution < -0.4 is 19.5 Å². The summed E-state index contributed by atoms with van der Waals surface area (Å²) in [5.41, 5.74) is 3.35. The van der Waals surface area contributed by atoms with Crippen molar-refractivity contribution < 1.29 is 28.7 Å². The van der Waals surface area contributed by atoms with Crippen molar-refractivity contribution in [3.05, 3.63) is 111 Å². The predicted molar refractivity (Wildman–Crippen MR) is 150 cm³/mol. The second-order valence-electron chi connectivity index (χ2n) is 9.50. The van der Waals surface area contributed by atoms with E-state index in [2.05, 4.69) is 5.32 Å². The van der Waals surface area contributed by atoms with E-state index in [9.17, 15) is 14.9 Å². The number of hydrogen-bond donors (Lipinski definition) is 1. The Morgan fingerprint density at radius 1 is 1.02 bits per heavy atom. The molecular formula is C31H34N2O7. The van der Waals surface area contributed by atoms with Gasteiger partial charge in [-0.2, -0.15) is 0 Å². The van der Waals surface area contributed by atoms with Gasteiger partial charge in [0.15, 0.2) is 11.5 Å². The third-order valence-electron chi connectivity index (χ3n) is 6.75. The second-order valence-corrected chi connectivity index (χ2v) is 9.50. The topological polar surface area (TPSA) is 109 Å². The van der Waals surface area contributed by atoms with Crippen molar-refractivity contribution in [2.75, 3.05) is 27.1 Å². The maximum absolute atomic E-state index is 13.6. The Morgan fingerprint density at radius 2 is 1.73 bits per heavy atom. The number of esters is 1. The largest absolute Gasteiger partial charge is 0.497 e. The van der Waals surface area contributed by atoms with E-state index in [4.69, 9.17) is 18.9 Å². The zero-order valence-electron chi connectivity index (χ0n) is 22.9. The Hall–Kier alpha value is -4.37. The maximum atomic E-state index is 13.6. The quantitative estimate of drug-likeness (QED) is 0.137. The van der Waals surface area contributed by atoms with Gasteiger partial charge in [-0.3, -0.25) is 10.1 Å². The van der Waals surface area contributed by atoms with Crippen LogP contribution in [0.2, 0.25) is 0 Å². The van der Waals surface area contributed by atoms with Gasteiger partial charge in [0, 0.05) is 29.0 Å². The van der Waals surface area contributed by atoms with Gasteiger partial charge in [-0.25, -0.2) is 4.79 Å². The molecule has 4 rings (SSSR count). The highest BCUT2D eigenvalue weighted by atomic mass is 16.7. The Balaban J connectivity index is 1.79. The van der Waals surface area contributed by atoms with Crippen LogP contribution in [0.25, 0.3) is 0 Å². The molecule has 0 bridgehead atoms. The Bertz CT molecular complexity index is 1340. The van der Waals surface area contributed by atoms with E-state index in [1.165, 1.54) is 0 Å². The van der Waals surface area contributed by atoms with Crippen LogP contribution in [0.15, 0.2) is 83.9 Å². The maximum Gasteiger partial charge on any atom is 0.335 e. The normalized spacial score (nSPS) is 14.2. The smallest absolute Gasteiger partial charge is 0.335 e. The fourth-order valence-electron chi connectivity index (χ4n) is 4.81. The van der Waals surface area contributed by atoms with Crippen LogP contribution in [-0.2, 0) is 22.4 Å². The minimum Gasteiger partial charge on any atom is -0.497 e. The van der Waals surface area contributed by atoms with Crippen LogP contribution in [0.1, 0.15) is 36.6 Å². The van der Waals surface area contributed by atoms with E-state index in [1.54, 1.807) is 26.2 Å². The predicted octanol–water partition coefficient (Wildman–Crippen LogP) is 5.06. The van der Waals surface area contributed by atoms with Crippen molar-refractivity contribution in [3.63, 3.8) is 0 Å². The van der Waals surface area contributed by atoms with E-state index in [1.807, 2.05) is 67.6 Å². The lowest BCUT2D eigenvalue weighted by Crippen LogP contribution is -2.39. The lowest BCUT2D eigenvalue weighted by molar-refractivity contribution is -0.471. The van der Waals surface area contributed by atoms with Crippen LogP contribution >= 0.6 is 0 Å². The van der Waals surface area contributed by atoms with Gasteiger partial charge in [0.2, 0.25) is 13.3 Å². The molecule has 2 unspecified atom stereocenters. The van der Waals surface area contributed by atoms with Crippen LogP contribution in [-0.4, -0.2) is 44.0 Å². The van der Waals surface area contributed by atoms with Gasteiger partial charge < -0.3 is 24.3 Å². The molecule has 0 aromatic heterocycles. The van der Waals surface area contributed by atoms with Gasteiger partial charge >= 0.3 is 5.97 Å². The van der Waals surface area contributed by atoms with Gasteiger partial charge in [0.25, 0.3) is 0 Å². The molecular weight excluding hydrogens is 512 g/mol. The van der Waals surface area contributed by atoms with Gasteiger partial charge in [0.05, 0.1) is 19.3 Å². The van der Waals surface area contributed by atoms with Gasteiger partial charge in [-0.05, 0) is 61.2 Å². The molecule has 0 fully saturated rings. The Kier molecular flexibility index (Phi) is 9.75. The third-order valence-corrected chi connectivity index (χ3v) is 6.75. The minimum absolute atomic E-state index is 0.121. The fourth-order valence-corrected chi connectivity index (χ4v) is 4.81. The average molecular weight is 547 g/mol. The monoisotopic (exact) mass is 546 g/mol. The number of methoxy groups -OCH3 is 1. The lowest BCUT2D eigenvalue weighted by atomic mass is 9.90. The number of carbonyl (C=O) groups excluding carboxylic acids is 1. The summed E-state index contributed by atoms with van der Waals surface area (Å²) >= 11 is 0. The van der Waals surface area contributed by atoms with Crippen molar-refractivity contribution in [1.29, 1.82) is 0 Å². The fraction of sp³-hybridized carbons (Fsp3) is 0.323. The molecule has 0 aliphatic carbocycles. The molecule has 210 valence electrons. The van der Waals surface area contributed by atoms with Crippen molar-refractivity contribution >= 4 is 5.97 Å². The molecule has 9 heteroatoms. The van der Waals surface area contributed by atoms with Crippen molar-refractivity contribution in [2.24, 2.45) is 0 Å². The standard InChI is InChI=1S/C31H34N2O7/c1-4-38-31(34)30(25(19-33(35)36)16-23-12-15-28-29(18-23)40-20-39-28)27(17-22-10-13-26(37-3)14-11-22)32-21(2)24-8-6-5-7-9-24/h5-15,18,21,27,32H,4,16-17,19-20H2,1-3H3. The van der Waals surface area contributed by atoms with Crippen molar-refractivity contribution in [2.45, 2.75) is 38.8 Å². The molecule has 3 aromatic rings. The highest BCUT2D eigenvalue weighted by Crippen LogP contribution is 2.34. The summed E-state index contributed by atoms with van der Waals surface area (Å²) in [6, 6.07) is 22.1. The third kappa shape index (κ3) is 7.39. The van der Waals surface area contributed by atoms with Crippen LogP contribution in [0.3, 0.4) is 0 Å². The first-order valence-corrected chi connectivity index (χ1v) is 13.2. The first-order chi connectivity index (χ1) is 19.4. The molecule has 0 spiro atoms. The summed E-state index contributed by atoms with van der Waals surface area (Å²) in [5.74, 6) is 1.32. The van der Waals surface area contributed by atoms with E-state index >= 15 is 0 Å². The summed E-state index contributed by atoms with van der Waals surface area (Å²) < 4.78 is 21.7. The summed E-state index contributed by atoms with van der Waals surface area (Å²) in [4.78, 5) is 25.1. The summed E-state index contributed by atoms with van der Waals surface area (Å²) in [5, 5.41) is 15.5. The molecule has 0 saturated carbocycles. The van der Waals surface area contributed by atoms with Gasteiger partial charge in [-0.1, -0.05) is 48.5 Å². The SMILES string of the molecule is CCOC(=O)C(=C(Cc1ccc2c(c1)OCO2)C[N+](=O)[O-])C(Cc1ccc(OC)cc1)NC(C)c1ccccc1. The zero-order chi connectivity index (χ0) is 28.5. The number of nitro groups is 1. The van der Waals surface area contributed by atoms with Crippen molar-refractivity contribution in [1.82, 2.24) is 5.32 Å². The molecule has 0 amide bonds. The number of nitrogens with one attached hydrogen (secondary N) is 1. The number of carbonyl (C=O) groups is 1. The molecule has 1 aliphatic rings. The summed E-state index contributed by atoms with van der Waals surface area (Å²) in [6.45, 7) is 3.48. The Morgan fingerprint density at radius 3 is 2.40 bits per heavy atom. The molecule has 1 aliphatic heterocycles. The molecule has 1 heterocycles. The van der Waals surface area contributed by atoms with E-state index in [0.717, 1.165) is 16.7 Å². The second kappa shape index (κ2) is 13.6. The summed E-state index contributed by atoms with van der Waals surface area (Å²) in [6.07, 6.45) is 0.573. The van der Waals surface area contributed by atoms with Gasteiger partial charge in [-0.15, -0.1) is 0 Å². The number of hydrogen-bond acceptors (Lipinski definition) is 8. The highest BCUT2D eigenvalue weighted by molar-refractivity contribution is 5.91. The summed E-state index contributed by atoms with van der Waals surface area (Å²) in [7, 11) is 1.60. The van der Waals surface area contributed by atoms with E-state index in [0.29, 0.717) is 29.2 Å². The number of nitrogens with zero attached hydrogens (tertiary/aromatic N) is 1. The average Bonchev–Trinajstić information content (AvgIpc) is 3.42. The minimum atomic E-state index is -0.577. The first kappa shape index (κ1) is 28.6. The molecule has 1 N–H and O–H groups in total. The number of benzene rings is 3. The molecule has 3 aromatic carbocycles. The molecule has 2 atom stereocenters. The van der Waals surface area contributed by atoms with E-state index in [-0.39, 0.29) is 31.4 Å². The van der Waals surface area contributed by atoms with Crippen LogP contribution in [0, 0.1) is 10.1 Å². The lowest BCUT2D eigenvalue weighted by Gasteiger charge is -2.27. The number of fused-ring (bicyclic) bond motifs is 1. The van der Waals surface area contributed by atoms with E-state index < -0.39 is 23.5 Å². The first-order valence-electron chi connectivity index (χ1n) is 13.2. The number of ether oxygens (including phenoxy) is 4. The molecule has 0 radical (unpaired) electrons. The van der Waals surface area contributed by atoms with Crippen molar-refractivity contribution in [3.8, 4) is 17.2 Å². The molecule has 9 nitrogen and oxygen atoms in total.